The quantitative estimate of drug-likeness (QED) is 0.556. The van der Waals surface area contributed by atoms with Crippen LogP contribution in [0.25, 0.3) is 0 Å². The molecule has 86 valence electrons. The largest absolute Gasteiger partial charge is 0.497 e. The maximum atomic E-state index is 10.2. The minimum atomic E-state index is -0.445. The van der Waals surface area contributed by atoms with E-state index >= 15 is 0 Å². The van der Waals surface area contributed by atoms with Crippen molar-refractivity contribution in [3.05, 3.63) is 34.4 Å². The third kappa shape index (κ3) is 6.49. The number of hydrogen-bond donors (Lipinski definition) is 0. The molecule has 0 aromatic heterocycles. The molecule has 0 saturated carbocycles. The third-order valence-electron chi connectivity index (χ3n) is 1.28. The van der Waals surface area contributed by atoms with Crippen LogP contribution in [-0.4, -0.2) is 12.0 Å². The summed E-state index contributed by atoms with van der Waals surface area (Å²) in [5.74, 6) is 0.621. The molecule has 0 aliphatic heterocycles. The number of non-ortho nitro benzene ring substituents is 1. The third-order valence-corrected chi connectivity index (χ3v) is 1.28. The first-order valence-electron chi connectivity index (χ1n) is 5.02. The zero-order valence-corrected chi connectivity index (χ0v) is 9.98. The molecule has 0 unspecified atom stereocenters. The number of benzene rings is 1. The number of hydrogen-bond acceptors (Lipinski definition) is 3. The molecule has 0 fully saturated rings. The van der Waals surface area contributed by atoms with Gasteiger partial charge < -0.3 is 4.74 Å². The molecule has 0 radical (unpaired) electrons. The van der Waals surface area contributed by atoms with Crippen LogP contribution in [0.4, 0.5) is 5.69 Å². The zero-order chi connectivity index (χ0) is 12.3. The first-order chi connectivity index (χ1) is 7.24. The molecule has 4 heteroatoms. The number of nitrogens with zero attached hydrogens (tertiary/aromatic N) is 1. The van der Waals surface area contributed by atoms with E-state index in [0.717, 1.165) is 0 Å². The molecule has 0 saturated heterocycles. The van der Waals surface area contributed by atoms with E-state index < -0.39 is 4.92 Å². The van der Waals surface area contributed by atoms with Crippen molar-refractivity contribution in [1.29, 1.82) is 0 Å². The van der Waals surface area contributed by atoms with Crippen LogP contribution in [0.15, 0.2) is 24.3 Å². The van der Waals surface area contributed by atoms with E-state index in [-0.39, 0.29) is 5.69 Å². The molecular formula is C11H19NO3. The number of nitro benzene ring substituents is 1. The van der Waals surface area contributed by atoms with E-state index in [1.165, 1.54) is 19.2 Å². The number of methoxy groups -OCH3 is 1. The van der Waals surface area contributed by atoms with Gasteiger partial charge in [0.05, 0.1) is 12.0 Å². The van der Waals surface area contributed by atoms with Crippen molar-refractivity contribution in [2.24, 2.45) is 0 Å². The van der Waals surface area contributed by atoms with Crippen LogP contribution < -0.4 is 4.74 Å². The Balaban J connectivity index is 0. The molecule has 0 heterocycles. The lowest BCUT2D eigenvalue weighted by Crippen LogP contribution is -1.87. The van der Waals surface area contributed by atoms with Gasteiger partial charge in [0.25, 0.3) is 5.69 Å². The van der Waals surface area contributed by atoms with Gasteiger partial charge in [-0.25, -0.2) is 0 Å². The second-order valence-corrected chi connectivity index (χ2v) is 1.96. The van der Waals surface area contributed by atoms with Gasteiger partial charge in [0.15, 0.2) is 0 Å². The predicted octanol–water partition coefficient (Wildman–Crippen LogP) is 3.66. The lowest BCUT2D eigenvalue weighted by Gasteiger charge is -1.96. The smallest absolute Gasteiger partial charge is 0.269 e. The maximum Gasteiger partial charge on any atom is 0.269 e. The molecular weight excluding hydrogens is 194 g/mol. The fourth-order valence-electron chi connectivity index (χ4n) is 0.704. The summed E-state index contributed by atoms with van der Waals surface area (Å²) < 4.78 is 4.83. The lowest BCUT2D eigenvalue weighted by molar-refractivity contribution is -0.384. The molecule has 0 amide bonds. The standard InChI is InChI=1S/C7H7NO3.2C2H6/c1-11-7-4-2-6(3-5-7)8(9)10;2*1-2/h2-5H,1H3;2*1-2H3. The molecule has 0 atom stereocenters. The highest BCUT2D eigenvalue weighted by atomic mass is 16.6. The van der Waals surface area contributed by atoms with Crippen LogP contribution in [0, 0.1) is 10.1 Å². The summed E-state index contributed by atoms with van der Waals surface area (Å²) >= 11 is 0. The molecule has 1 aromatic carbocycles. The molecule has 4 nitrogen and oxygen atoms in total. The van der Waals surface area contributed by atoms with Gasteiger partial charge in [0.2, 0.25) is 0 Å². The topological polar surface area (TPSA) is 52.4 Å². The average Bonchev–Trinajstić information content (AvgIpc) is 2.34. The Morgan fingerprint density at radius 2 is 1.47 bits per heavy atom. The molecule has 0 aliphatic carbocycles. The van der Waals surface area contributed by atoms with Crippen LogP contribution in [-0.2, 0) is 0 Å². The summed E-state index contributed by atoms with van der Waals surface area (Å²) in [6, 6.07) is 5.91. The van der Waals surface area contributed by atoms with E-state index in [1.54, 1.807) is 12.1 Å². The molecule has 0 aliphatic rings. The monoisotopic (exact) mass is 213 g/mol. The molecule has 0 N–H and O–H groups in total. The number of ether oxygens (including phenoxy) is 1. The van der Waals surface area contributed by atoms with Gasteiger partial charge in [-0.2, -0.15) is 0 Å². The number of rotatable bonds is 2. The van der Waals surface area contributed by atoms with Gasteiger partial charge in [-0.15, -0.1) is 0 Å². The summed E-state index contributed by atoms with van der Waals surface area (Å²) in [5, 5.41) is 10.2. The minimum Gasteiger partial charge on any atom is -0.497 e. The zero-order valence-electron chi connectivity index (χ0n) is 9.98. The number of nitro groups is 1. The van der Waals surface area contributed by atoms with Crippen LogP contribution in [0.5, 0.6) is 5.75 Å². The Kier molecular flexibility index (Phi) is 11.1. The summed E-state index contributed by atoms with van der Waals surface area (Å²) in [4.78, 5) is 9.72. The highest BCUT2D eigenvalue weighted by molar-refractivity contribution is 5.35. The van der Waals surface area contributed by atoms with Crippen molar-refractivity contribution < 1.29 is 9.66 Å². The molecule has 1 aromatic rings. The van der Waals surface area contributed by atoms with Crippen LogP contribution in [0.1, 0.15) is 27.7 Å². The highest BCUT2D eigenvalue weighted by Crippen LogP contribution is 2.16. The van der Waals surface area contributed by atoms with Gasteiger partial charge in [0.1, 0.15) is 5.75 Å². The van der Waals surface area contributed by atoms with Crippen LogP contribution in [0.2, 0.25) is 0 Å². The first-order valence-corrected chi connectivity index (χ1v) is 5.02. The second kappa shape index (κ2) is 10.5. The van der Waals surface area contributed by atoms with Gasteiger partial charge in [-0.05, 0) is 12.1 Å². The first kappa shape index (κ1) is 15.9. The van der Waals surface area contributed by atoms with Crippen LogP contribution >= 0.6 is 0 Å². The van der Waals surface area contributed by atoms with Gasteiger partial charge in [-0.1, -0.05) is 27.7 Å². The van der Waals surface area contributed by atoms with Gasteiger partial charge >= 0.3 is 0 Å². The minimum absolute atomic E-state index is 0.0748. The van der Waals surface area contributed by atoms with Crippen molar-refractivity contribution in [1.82, 2.24) is 0 Å². The maximum absolute atomic E-state index is 10.2. The van der Waals surface area contributed by atoms with E-state index in [4.69, 9.17) is 4.74 Å². The van der Waals surface area contributed by atoms with E-state index in [2.05, 4.69) is 0 Å². The summed E-state index contributed by atoms with van der Waals surface area (Å²) in [7, 11) is 1.52. The Bertz CT molecular complexity index is 257. The summed E-state index contributed by atoms with van der Waals surface area (Å²) in [6.45, 7) is 8.00. The molecule has 0 bridgehead atoms. The van der Waals surface area contributed by atoms with Crippen molar-refractivity contribution in [2.75, 3.05) is 7.11 Å². The predicted molar refractivity (Wildman–Crippen MR) is 62.3 cm³/mol. The molecule has 0 spiro atoms. The normalized spacial score (nSPS) is 7.53. The van der Waals surface area contributed by atoms with Crippen molar-refractivity contribution in [3.63, 3.8) is 0 Å². The summed E-state index contributed by atoms with van der Waals surface area (Å²) in [6.07, 6.45) is 0. The Labute approximate surface area is 91.0 Å². The highest BCUT2D eigenvalue weighted by Gasteiger charge is 2.02. The Morgan fingerprint density at radius 3 is 1.73 bits per heavy atom. The summed E-state index contributed by atoms with van der Waals surface area (Å²) in [5.41, 5.74) is 0.0748. The average molecular weight is 213 g/mol. The Hall–Kier alpha value is -1.58. The van der Waals surface area contributed by atoms with Gasteiger partial charge in [-0.3, -0.25) is 10.1 Å². The van der Waals surface area contributed by atoms with Crippen molar-refractivity contribution in [3.8, 4) is 5.75 Å². The fraction of sp³-hybridized carbons (Fsp3) is 0.455. The molecule has 15 heavy (non-hydrogen) atoms. The van der Waals surface area contributed by atoms with E-state index in [0.29, 0.717) is 5.75 Å². The lowest BCUT2D eigenvalue weighted by atomic mass is 10.3. The SMILES string of the molecule is CC.CC.COc1ccc([N+](=O)[O-])cc1. The van der Waals surface area contributed by atoms with Gasteiger partial charge in [0, 0.05) is 12.1 Å². The van der Waals surface area contributed by atoms with Crippen LogP contribution in [0.3, 0.4) is 0 Å². The van der Waals surface area contributed by atoms with E-state index in [9.17, 15) is 10.1 Å². The van der Waals surface area contributed by atoms with Crippen molar-refractivity contribution >= 4 is 5.69 Å². The fourth-order valence-corrected chi connectivity index (χ4v) is 0.704. The van der Waals surface area contributed by atoms with Crippen molar-refractivity contribution in [2.45, 2.75) is 27.7 Å². The Morgan fingerprint density at radius 1 is 1.07 bits per heavy atom. The second-order valence-electron chi connectivity index (χ2n) is 1.96. The molecule has 1 rings (SSSR count). The van der Waals surface area contributed by atoms with E-state index in [1.807, 2.05) is 27.7 Å².